The third-order valence-electron chi connectivity index (χ3n) is 13.7. The van der Waals surface area contributed by atoms with Gasteiger partial charge in [-0.2, -0.15) is 0 Å². The van der Waals surface area contributed by atoms with Crippen molar-refractivity contribution in [2.75, 3.05) is 0 Å². The molecule has 0 saturated heterocycles. The van der Waals surface area contributed by atoms with Gasteiger partial charge in [0.15, 0.2) is 0 Å². The lowest BCUT2D eigenvalue weighted by Crippen LogP contribution is -1.97. The molecule has 0 amide bonds. The van der Waals surface area contributed by atoms with Gasteiger partial charge in [0.2, 0.25) is 0 Å². The molecule has 0 nitrogen and oxygen atoms in total. The maximum absolute atomic E-state index is 2.48. The van der Waals surface area contributed by atoms with Gasteiger partial charge in [0, 0.05) is 0 Å². The molecule has 0 aliphatic rings. The lowest BCUT2D eigenvalue weighted by Gasteiger charge is -2.12. The SMILES string of the molecule is CCCCCCCCc1cc(C)c(CCCCCCCC)cc1C.CCCCCCc1cc(C)c(CCCCCC)cc1C.CCCCCc1cc(C)c(CCCCC)cc1C. The van der Waals surface area contributed by atoms with Crippen molar-refractivity contribution in [3.05, 3.63) is 103 Å². The van der Waals surface area contributed by atoms with Crippen molar-refractivity contribution in [3.63, 3.8) is 0 Å². The van der Waals surface area contributed by atoms with E-state index in [1.165, 1.54) is 239 Å². The molecule has 3 rings (SSSR count). The van der Waals surface area contributed by atoms with Crippen LogP contribution >= 0.6 is 0 Å². The van der Waals surface area contributed by atoms with E-state index >= 15 is 0 Å². The molecular weight excluding hydrogens is 745 g/mol. The molecule has 3 aromatic carbocycles. The Morgan fingerprint density at radius 3 is 0.516 bits per heavy atom. The van der Waals surface area contributed by atoms with Crippen LogP contribution in [0.25, 0.3) is 0 Å². The maximum atomic E-state index is 2.48. The molecule has 0 aliphatic heterocycles. The third kappa shape index (κ3) is 26.4. The number of unbranched alkanes of at least 4 members (excludes halogenated alkanes) is 20. The number of aryl methyl sites for hydroxylation is 12. The topological polar surface area (TPSA) is 0 Å². The first-order chi connectivity index (χ1) is 30.1. The minimum atomic E-state index is 1.26. The van der Waals surface area contributed by atoms with E-state index in [1.54, 1.807) is 33.4 Å². The fourth-order valence-electron chi connectivity index (χ4n) is 9.23. The van der Waals surface area contributed by atoms with Crippen molar-refractivity contribution in [1.82, 2.24) is 0 Å². The molecule has 0 bridgehead atoms. The summed E-state index contributed by atoms with van der Waals surface area (Å²) >= 11 is 0. The van der Waals surface area contributed by atoms with Crippen molar-refractivity contribution in [3.8, 4) is 0 Å². The van der Waals surface area contributed by atoms with Crippen molar-refractivity contribution in [2.24, 2.45) is 0 Å². The molecular formula is C62H106. The van der Waals surface area contributed by atoms with Gasteiger partial charge in [-0.1, -0.05) is 206 Å². The molecule has 0 heterocycles. The van der Waals surface area contributed by atoms with Gasteiger partial charge in [0.1, 0.15) is 0 Å². The third-order valence-corrected chi connectivity index (χ3v) is 13.7. The van der Waals surface area contributed by atoms with E-state index < -0.39 is 0 Å². The average Bonchev–Trinajstić information content (AvgIpc) is 3.25. The summed E-state index contributed by atoms with van der Waals surface area (Å²) in [5.74, 6) is 0. The Balaban J connectivity index is 0.000000470. The van der Waals surface area contributed by atoms with Crippen molar-refractivity contribution >= 4 is 0 Å². The second kappa shape index (κ2) is 38.0. The van der Waals surface area contributed by atoms with Gasteiger partial charge >= 0.3 is 0 Å². The molecule has 0 aromatic heterocycles. The molecule has 0 unspecified atom stereocenters. The predicted molar refractivity (Wildman–Crippen MR) is 284 cm³/mol. The Kier molecular flexibility index (Phi) is 35.3. The van der Waals surface area contributed by atoms with Crippen molar-refractivity contribution in [2.45, 2.75) is 289 Å². The Labute approximate surface area is 390 Å². The molecule has 0 N–H and O–H groups in total. The number of hydrogen-bond donors (Lipinski definition) is 0. The normalized spacial score (nSPS) is 11.0. The summed E-state index contributed by atoms with van der Waals surface area (Å²) in [7, 11) is 0. The highest BCUT2D eigenvalue weighted by Gasteiger charge is 2.08. The van der Waals surface area contributed by atoms with E-state index in [1.807, 2.05) is 0 Å². The molecule has 0 radical (unpaired) electrons. The fraction of sp³-hybridized carbons (Fsp3) is 0.710. The van der Waals surface area contributed by atoms with Crippen LogP contribution in [0.3, 0.4) is 0 Å². The van der Waals surface area contributed by atoms with Crippen LogP contribution in [0.4, 0.5) is 0 Å². The number of rotatable bonds is 32. The molecule has 0 heteroatoms. The first-order valence-electron chi connectivity index (χ1n) is 27.3. The Hall–Kier alpha value is -2.34. The molecule has 0 aliphatic carbocycles. The Bertz CT molecular complexity index is 1400. The monoisotopic (exact) mass is 851 g/mol. The molecule has 0 saturated carbocycles. The highest BCUT2D eigenvalue weighted by Crippen LogP contribution is 2.24. The van der Waals surface area contributed by atoms with Gasteiger partial charge in [-0.15, -0.1) is 0 Å². The van der Waals surface area contributed by atoms with E-state index in [0.717, 1.165) is 0 Å². The number of hydrogen-bond acceptors (Lipinski definition) is 0. The molecule has 62 heavy (non-hydrogen) atoms. The van der Waals surface area contributed by atoms with Gasteiger partial charge < -0.3 is 0 Å². The standard InChI is InChI=1S/C24H42.C20H34.C18H30/c1-5-7-9-11-13-15-17-23-19-22(4)24(20-21(23)3)18-16-14-12-10-8-6-2;1-5-7-9-11-13-19-15-18(4)20(16-17(19)3)14-12-10-8-6-2;1-5-7-9-11-17-13-16(4)18(14-15(17)3)12-10-8-6-2/h19-20H,5-18H2,1-4H3;15-16H,5-14H2,1-4H3;13-14H,5-12H2,1-4H3. The second-order valence-corrected chi connectivity index (χ2v) is 19.7. The Morgan fingerprint density at radius 1 is 0.194 bits per heavy atom. The second-order valence-electron chi connectivity index (χ2n) is 19.7. The van der Waals surface area contributed by atoms with E-state index in [0.29, 0.717) is 0 Å². The minimum absolute atomic E-state index is 1.26. The minimum Gasteiger partial charge on any atom is -0.0654 e. The molecule has 0 fully saturated rings. The highest BCUT2D eigenvalue weighted by atomic mass is 14.1. The summed E-state index contributed by atoms with van der Waals surface area (Å²) < 4.78 is 0. The fourth-order valence-corrected chi connectivity index (χ4v) is 9.23. The molecule has 354 valence electrons. The van der Waals surface area contributed by atoms with Gasteiger partial charge in [-0.05, 0) is 185 Å². The van der Waals surface area contributed by atoms with Gasteiger partial charge in [0.05, 0.1) is 0 Å². The van der Waals surface area contributed by atoms with Crippen LogP contribution in [0.2, 0.25) is 0 Å². The zero-order chi connectivity index (χ0) is 45.8. The zero-order valence-corrected chi connectivity index (χ0v) is 44.1. The van der Waals surface area contributed by atoms with E-state index in [9.17, 15) is 0 Å². The quantitative estimate of drug-likeness (QED) is 0.0549. The average molecular weight is 852 g/mol. The first kappa shape index (κ1) is 57.7. The van der Waals surface area contributed by atoms with Gasteiger partial charge in [-0.3, -0.25) is 0 Å². The van der Waals surface area contributed by atoms with Gasteiger partial charge in [-0.25, -0.2) is 0 Å². The molecule has 3 aromatic rings. The summed E-state index contributed by atoms with van der Waals surface area (Å²) in [5, 5.41) is 0. The van der Waals surface area contributed by atoms with Crippen LogP contribution in [0, 0.1) is 41.5 Å². The number of benzene rings is 3. The highest BCUT2D eigenvalue weighted by molar-refractivity contribution is 5.39. The van der Waals surface area contributed by atoms with E-state index in [2.05, 4.69) is 119 Å². The van der Waals surface area contributed by atoms with Crippen LogP contribution < -0.4 is 0 Å². The van der Waals surface area contributed by atoms with E-state index in [4.69, 9.17) is 0 Å². The largest absolute Gasteiger partial charge is 0.0654 e. The van der Waals surface area contributed by atoms with Gasteiger partial charge in [0.25, 0.3) is 0 Å². The molecule has 0 atom stereocenters. The van der Waals surface area contributed by atoms with Crippen LogP contribution in [-0.4, -0.2) is 0 Å². The smallest absolute Gasteiger partial charge is 0.0276 e. The lowest BCUT2D eigenvalue weighted by molar-refractivity contribution is 0.605. The Morgan fingerprint density at radius 2 is 0.323 bits per heavy atom. The summed E-state index contributed by atoms with van der Waals surface area (Å²) in [6.45, 7) is 27.5. The predicted octanol–water partition coefficient (Wildman–Crippen LogP) is 20.4. The van der Waals surface area contributed by atoms with Crippen LogP contribution in [0.1, 0.15) is 275 Å². The zero-order valence-electron chi connectivity index (χ0n) is 44.1. The van der Waals surface area contributed by atoms with Crippen molar-refractivity contribution in [1.29, 1.82) is 0 Å². The summed E-state index contributed by atoms with van der Waals surface area (Å²) in [4.78, 5) is 0. The van der Waals surface area contributed by atoms with Crippen molar-refractivity contribution < 1.29 is 0 Å². The van der Waals surface area contributed by atoms with Crippen LogP contribution in [-0.2, 0) is 38.5 Å². The lowest BCUT2D eigenvalue weighted by atomic mass is 9.93. The van der Waals surface area contributed by atoms with Crippen LogP contribution in [0.15, 0.2) is 36.4 Å². The van der Waals surface area contributed by atoms with E-state index in [-0.39, 0.29) is 0 Å². The first-order valence-corrected chi connectivity index (χ1v) is 27.3. The maximum Gasteiger partial charge on any atom is -0.0276 e. The summed E-state index contributed by atoms with van der Waals surface area (Å²) in [5.41, 5.74) is 18.6. The summed E-state index contributed by atoms with van der Waals surface area (Å²) in [6, 6.07) is 14.7. The van der Waals surface area contributed by atoms with Crippen LogP contribution in [0.5, 0.6) is 0 Å². The summed E-state index contributed by atoms with van der Waals surface area (Å²) in [6.07, 6.45) is 43.2. The molecule has 0 spiro atoms.